The molecule has 0 atom stereocenters. The second kappa shape index (κ2) is 6.77. The predicted octanol–water partition coefficient (Wildman–Crippen LogP) is 2.94. The zero-order valence-corrected chi connectivity index (χ0v) is 16.6. The maximum absolute atomic E-state index is 11.8. The van der Waals surface area contributed by atoms with Gasteiger partial charge in [-0.2, -0.15) is 0 Å². The lowest BCUT2D eigenvalue weighted by molar-refractivity contribution is 0.583. The standard InChI is InChI=1S/C19H25N5O2S/c1-12(22-15-6-5-13-10-27(25,26)11-14(13)9-15)23-18-16(7-8-21-18)17(20)24-19(2,3)4/h5-9,21-23H,1,10-11H2,2-4H3,(H2,20,24). The molecule has 0 fully saturated rings. The van der Waals surface area contributed by atoms with Gasteiger partial charge in [-0.3, -0.25) is 4.99 Å². The van der Waals surface area contributed by atoms with Gasteiger partial charge in [-0.05, 0) is 50.1 Å². The Morgan fingerprint density at radius 2 is 1.89 bits per heavy atom. The minimum absolute atomic E-state index is 0.0817. The van der Waals surface area contributed by atoms with Gasteiger partial charge in [0.2, 0.25) is 0 Å². The number of hydrogen-bond acceptors (Lipinski definition) is 5. The van der Waals surface area contributed by atoms with E-state index in [-0.39, 0.29) is 17.0 Å². The number of hydrogen-bond donors (Lipinski definition) is 4. The summed E-state index contributed by atoms with van der Waals surface area (Å²) in [6, 6.07) is 7.37. The molecule has 2 heterocycles. The number of nitrogens with two attached hydrogens (primary N) is 1. The van der Waals surface area contributed by atoms with Crippen molar-refractivity contribution in [2.75, 3.05) is 10.6 Å². The Balaban J connectivity index is 1.72. The Morgan fingerprint density at radius 1 is 1.19 bits per heavy atom. The van der Waals surface area contributed by atoms with Gasteiger partial charge in [0, 0.05) is 11.9 Å². The van der Waals surface area contributed by atoms with Crippen molar-refractivity contribution in [3.8, 4) is 0 Å². The summed E-state index contributed by atoms with van der Waals surface area (Å²) in [7, 11) is -3.02. The van der Waals surface area contributed by atoms with Crippen LogP contribution in [-0.4, -0.2) is 24.8 Å². The molecule has 3 rings (SSSR count). The number of amidine groups is 1. The molecule has 5 N–H and O–H groups in total. The van der Waals surface area contributed by atoms with Gasteiger partial charge in [0.05, 0.1) is 22.6 Å². The van der Waals surface area contributed by atoms with Gasteiger partial charge < -0.3 is 21.4 Å². The van der Waals surface area contributed by atoms with Crippen molar-refractivity contribution in [2.24, 2.45) is 10.7 Å². The quantitative estimate of drug-likeness (QED) is 0.465. The highest BCUT2D eigenvalue weighted by atomic mass is 32.2. The molecular formula is C19H25N5O2S. The summed E-state index contributed by atoms with van der Waals surface area (Å²) in [5, 5.41) is 6.30. The molecule has 0 radical (unpaired) electrons. The molecule has 0 bridgehead atoms. The molecule has 27 heavy (non-hydrogen) atoms. The average molecular weight is 388 g/mol. The molecule has 7 nitrogen and oxygen atoms in total. The lowest BCUT2D eigenvalue weighted by atomic mass is 10.1. The molecule has 8 heteroatoms. The van der Waals surface area contributed by atoms with Crippen molar-refractivity contribution in [3.63, 3.8) is 0 Å². The van der Waals surface area contributed by atoms with Crippen LogP contribution in [0.4, 0.5) is 11.5 Å². The number of fused-ring (bicyclic) bond motifs is 1. The normalized spacial score (nSPS) is 16.0. The number of H-pyrrole nitrogens is 1. The molecular weight excluding hydrogens is 362 g/mol. The fourth-order valence-corrected chi connectivity index (χ4v) is 4.57. The number of benzene rings is 1. The van der Waals surface area contributed by atoms with Gasteiger partial charge in [-0.25, -0.2) is 8.42 Å². The van der Waals surface area contributed by atoms with Gasteiger partial charge >= 0.3 is 0 Å². The van der Waals surface area contributed by atoms with Crippen LogP contribution in [0, 0.1) is 0 Å². The van der Waals surface area contributed by atoms with E-state index >= 15 is 0 Å². The van der Waals surface area contributed by atoms with Crippen LogP contribution in [0.15, 0.2) is 47.9 Å². The fraction of sp³-hybridized carbons (Fsp3) is 0.316. The summed E-state index contributed by atoms with van der Waals surface area (Å²) in [4.78, 5) is 7.57. The van der Waals surface area contributed by atoms with Crippen molar-refractivity contribution >= 4 is 27.2 Å². The van der Waals surface area contributed by atoms with Gasteiger partial charge in [-0.15, -0.1) is 0 Å². The van der Waals surface area contributed by atoms with Gasteiger partial charge in [0.25, 0.3) is 0 Å². The van der Waals surface area contributed by atoms with Crippen molar-refractivity contribution in [1.82, 2.24) is 4.98 Å². The Hall–Kier alpha value is -2.74. The monoisotopic (exact) mass is 387 g/mol. The SMILES string of the molecule is C=C(Nc1ccc2c(c1)CS(=O)(=O)C2)Nc1[nH]ccc1C(N)=NC(C)(C)C. The number of anilines is 2. The zero-order chi connectivity index (χ0) is 19.8. The van der Waals surface area contributed by atoms with E-state index in [4.69, 9.17) is 5.73 Å². The van der Waals surface area contributed by atoms with E-state index in [0.717, 1.165) is 22.4 Å². The van der Waals surface area contributed by atoms with Crippen LogP contribution < -0.4 is 16.4 Å². The molecule has 0 spiro atoms. The molecule has 0 unspecified atom stereocenters. The molecule has 1 aromatic carbocycles. The number of aromatic amines is 1. The lowest BCUT2D eigenvalue weighted by Crippen LogP contribution is -2.22. The Kier molecular flexibility index (Phi) is 4.77. The fourth-order valence-electron chi connectivity index (χ4n) is 2.97. The third kappa shape index (κ3) is 4.71. The lowest BCUT2D eigenvalue weighted by Gasteiger charge is -2.16. The molecule has 0 saturated heterocycles. The Morgan fingerprint density at radius 3 is 2.59 bits per heavy atom. The second-order valence-electron chi connectivity index (χ2n) is 7.68. The van der Waals surface area contributed by atoms with E-state index in [0.29, 0.717) is 17.5 Å². The first-order chi connectivity index (χ1) is 12.5. The number of aromatic nitrogens is 1. The number of rotatable bonds is 5. The smallest absolute Gasteiger partial charge is 0.158 e. The Bertz CT molecular complexity index is 1010. The number of aliphatic imine (C=N–C) groups is 1. The van der Waals surface area contributed by atoms with E-state index in [1.807, 2.05) is 45.0 Å². The maximum atomic E-state index is 11.8. The van der Waals surface area contributed by atoms with E-state index < -0.39 is 9.84 Å². The molecule has 144 valence electrons. The summed E-state index contributed by atoms with van der Waals surface area (Å²) in [5.41, 5.74) is 9.06. The molecule has 2 aromatic rings. The van der Waals surface area contributed by atoms with Gasteiger partial charge in [-0.1, -0.05) is 12.6 Å². The van der Waals surface area contributed by atoms with Crippen LogP contribution in [-0.2, 0) is 21.3 Å². The van der Waals surface area contributed by atoms with Crippen molar-refractivity contribution in [1.29, 1.82) is 0 Å². The van der Waals surface area contributed by atoms with E-state index in [1.165, 1.54) is 0 Å². The van der Waals surface area contributed by atoms with E-state index in [2.05, 4.69) is 27.2 Å². The predicted molar refractivity (Wildman–Crippen MR) is 110 cm³/mol. The van der Waals surface area contributed by atoms with Gasteiger partial charge in [0.15, 0.2) is 9.84 Å². The highest BCUT2D eigenvalue weighted by molar-refractivity contribution is 7.90. The number of sulfone groups is 1. The summed E-state index contributed by atoms with van der Waals surface area (Å²) in [5.74, 6) is 1.84. The number of nitrogens with zero attached hydrogens (tertiary/aromatic N) is 1. The van der Waals surface area contributed by atoms with E-state index in [9.17, 15) is 8.42 Å². The van der Waals surface area contributed by atoms with Crippen LogP contribution in [0.5, 0.6) is 0 Å². The highest BCUT2D eigenvalue weighted by Crippen LogP contribution is 2.28. The average Bonchev–Trinajstić information content (AvgIpc) is 3.07. The van der Waals surface area contributed by atoms with Gasteiger partial charge in [0.1, 0.15) is 17.5 Å². The maximum Gasteiger partial charge on any atom is 0.158 e. The summed E-state index contributed by atoms with van der Waals surface area (Å²) in [6.45, 7) is 9.92. The third-order valence-corrected chi connectivity index (χ3v) is 5.51. The molecule has 0 aliphatic carbocycles. The van der Waals surface area contributed by atoms with Crippen LogP contribution in [0.25, 0.3) is 0 Å². The first kappa shape index (κ1) is 19.0. The molecule has 1 aliphatic rings. The van der Waals surface area contributed by atoms with Crippen LogP contribution >= 0.6 is 0 Å². The molecule has 1 aromatic heterocycles. The van der Waals surface area contributed by atoms with Crippen molar-refractivity contribution in [2.45, 2.75) is 37.8 Å². The first-order valence-electron chi connectivity index (χ1n) is 8.61. The minimum Gasteiger partial charge on any atom is -0.383 e. The third-order valence-electron chi connectivity index (χ3n) is 4.01. The molecule has 0 amide bonds. The zero-order valence-electron chi connectivity index (χ0n) is 15.8. The topological polar surface area (TPSA) is 112 Å². The molecule has 0 saturated carbocycles. The van der Waals surface area contributed by atoms with Crippen molar-refractivity contribution < 1.29 is 8.42 Å². The van der Waals surface area contributed by atoms with Crippen LogP contribution in [0.2, 0.25) is 0 Å². The summed E-state index contributed by atoms with van der Waals surface area (Å²) < 4.78 is 23.5. The summed E-state index contributed by atoms with van der Waals surface area (Å²) >= 11 is 0. The second-order valence-corrected chi connectivity index (χ2v) is 9.74. The Labute approximate surface area is 159 Å². The van der Waals surface area contributed by atoms with E-state index in [1.54, 1.807) is 6.20 Å². The largest absolute Gasteiger partial charge is 0.383 e. The molecule has 1 aliphatic heterocycles. The minimum atomic E-state index is -3.02. The van der Waals surface area contributed by atoms with Crippen molar-refractivity contribution in [3.05, 3.63) is 59.6 Å². The van der Waals surface area contributed by atoms with Crippen LogP contribution in [0.1, 0.15) is 37.5 Å². The highest BCUT2D eigenvalue weighted by Gasteiger charge is 2.24. The first-order valence-corrected chi connectivity index (χ1v) is 10.4. The number of nitrogens with one attached hydrogen (secondary N) is 3. The van der Waals surface area contributed by atoms with Crippen LogP contribution in [0.3, 0.4) is 0 Å². The summed E-state index contributed by atoms with van der Waals surface area (Å²) in [6.07, 6.45) is 1.77.